The Balaban J connectivity index is 2.13. The second kappa shape index (κ2) is 8.54. The number of imide groups is 1. The smallest absolute Gasteiger partial charge is 0.229 e. The van der Waals surface area contributed by atoms with E-state index in [9.17, 15) is 19.2 Å². The lowest BCUT2D eigenvalue weighted by atomic mass is 10.1. The number of aldehydes is 1. The molecule has 1 fully saturated rings. The molecule has 0 aromatic heterocycles. The van der Waals surface area contributed by atoms with Crippen LogP contribution in [-0.4, -0.2) is 41.5 Å². The van der Waals surface area contributed by atoms with Gasteiger partial charge in [-0.05, 0) is 18.8 Å². The Morgan fingerprint density at radius 3 is 2.33 bits per heavy atom. The molecule has 6 heteroatoms. The zero-order chi connectivity index (χ0) is 15.8. The first-order chi connectivity index (χ1) is 9.95. The van der Waals surface area contributed by atoms with Crippen molar-refractivity contribution in [2.45, 2.75) is 58.4 Å². The Kier molecular flexibility index (Phi) is 7.05. The zero-order valence-electron chi connectivity index (χ0n) is 12.8. The van der Waals surface area contributed by atoms with Gasteiger partial charge in [-0.3, -0.25) is 19.3 Å². The van der Waals surface area contributed by atoms with E-state index in [-0.39, 0.29) is 23.6 Å². The summed E-state index contributed by atoms with van der Waals surface area (Å²) in [4.78, 5) is 46.5. The van der Waals surface area contributed by atoms with Crippen molar-refractivity contribution in [3.8, 4) is 0 Å². The van der Waals surface area contributed by atoms with Crippen molar-refractivity contribution < 1.29 is 19.2 Å². The van der Waals surface area contributed by atoms with Crippen LogP contribution in [0.1, 0.15) is 52.4 Å². The van der Waals surface area contributed by atoms with E-state index in [1.54, 1.807) is 0 Å². The van der Waals surface area contributed by atoms with E-state index in [0.29, 0.717) is 38.6 Å². The number of nitrogens with one attached hydrogen (secondary N) is 1. The molecule has 21 heavy (non-hydrogen) atoms. The third-order valence-electron chi connectivity index (χ3n) is 3.63. The summed E-state index contributed by atoms with van der Waals surface area (Å²) < 4.78 is 0. The lowest BCUT2D eigenvalue weighted by molar-refractivity contribution is -0.138. The predicted molar refractivity (Wildman–Crippen MR) is 77.3 cm³/mol. The van der Waals surface area contributed by atoms with Crippen molar-refractivity contribution in [2.75, 3.05) is 6.54 Å². The normalized spacial score (nSPS) is 16.4. The molecule has 0 aliphatic carbocycles. The molecule has 1 rings (SSSR count). The Bertz CT molecular complexity index is 390. The first-order valence-corrected chi connectivity index (χ1v) is 7.53. The molecule has 0 bridgehead atoms. The van der Waals surface area contributed by atoms with Crippen LogP contribution in [0.4, 0.5) is 0 Å². The molecule has 1 N–H and O–H groups in total. The van der Waals surface area contributed by atoms with Crippen LogP contribution in [0.3, 0.4) is 0 Å². The number of hydrogen-bond donors (Lipinski definition) is 1. The Morgan fingerprint density at radius 2 is 1.81 bits per heavy atom. The number of carbonyl (C=O) groups excluding carboxylic acids is 4. The standard InChI is InChI=1S/C15H24N2O4/c1-11(2)12(10-18)16-13(19)6-4-3-5-9-17-14(20)7-8-15(17)21/h10-12H,3-9H2,1-2H3,(H,16,19). The largest absolute Gasteiger partial charge is 0.346 e. The number of nitrogens with zero attached hydrogens (tertiary/aromatic N) is 1. The van der Waals surface area contributed by atoms with Gasteiger partial charge in [0.05, 0.1) is 6.04 Å². The molecular formula is C15H24N2O4. The molecule has 1 heterocycles. The van der Waals surface area contributed by atoms with Crippen LogP contribution in [0.25, 0.3) is 0 Å². The number of unbranched alkanes of at least 4 members (excludes halogenated alkanes) is 2. The molecule has 1 aliphatic heterocycles. The van der Waals surface area contributed by atoms with E-state index < -0.39 is 6.04 Å². The molecule has 0 aromatic rings. The van der Waals surface area contributed by atoms with Crippen LogP contribution in [0.15, 0.2) is 0 Å². The lowest BCUT2D eigenvalue weighted by Crippen LogP contribution is -2.39. The molecule has 1 saturated heterocycles. The number of likely N-dealkylation sites (tertiary alicyclic amines) is 1. The highest BCUT2D eigenvalue weighted by Crippen LogP contribution is 2.13. The SMILES string of the molecule is CC(C)C(C=O)NC(=O)CCCCCN1C(=O)CCC1=O. The fourth-order valence-corrected chi connectivity index (χ4v) is 2.22. The lowest BCUT2D eigenvalue weighted by Gasteiger charge is -2.16. The molecule has 3 amide bonds. The maximum atomic E-state index is 11.7. The van der Waals surface area contributed by atoms with E-state index in [1.165, 1.54) is 4.90 Å². The Hall–Kier alpha value is -1.72. The van der Waals surface area contributed by atoms with Gasteiger partial charge < -0.3 is 10.1 Å². The maximum absolute atomic E-state index is 11.7. The predicted octanol–water partition coefficient (Wildman–Crippen LogP) is 1.04. The van der Waals surface area contributed by atoms with Gasteiger partial charge in [0.15, 0.2) is 0 Å². The van der Waals surface area contributed by atoms with Crippen molar-refractivity contribution in [2.24, 2.45) is 5.92 Å². The van der Waals surface area contributed by atoms with E-state index in [4.69, 9.17) is 0 Å². The Morgan fingerprint density at radius 1 is 1.19 bits per heavy atom. The minimum Gasteiger partial charge on any atom is -0.346 e. The molecule has 0 saturated carbocycles. The van der Waals surface area contributed by atoms with Gasteiger partial charge in [0.1, 0.15) is 6.29 Å². The molecule has 1 atom stereocenters. The maximum Gasteiger partial charge on any atom is 0.229 e. The van der Waals surface area contributed by atoms with Crippen molar-refractivity contribution in [1.82, 2.24) is 10.2 Å². The van der Waals surface area contributed by atoms with E-state index in [1.807, 2.05) is 13.8 Å². The fourth-order valence-electron chi connectivity index (χ4n) is 2.22. The highest BCUT2D eigenvalue weighted by atomic mass is 16.2. The van der Waals surface area contributed by atoms with E-state index in [0.717, 1.165) is 12.7 Å². The molecule has 1 unspecified atom stereocenters. The minimum atomic E-state index is -0.433. The Labute approximate surface area is 125 Å². The first kappa shape index (κ1) is 17.3. The molecule has 0 radical (unpaired) electrons. The summed E-state index contributed by atoms with van der Waals surface area (Å²) in [7, 11) is 0. The number of rotatable bonds is 9. The summed E-state index contributed by atoms with van der Waals surface area (Å²) >= 11 is 0. The topological polar surface area (TPSA) is 83.6 Å². The monoisotopic (exact) mass is 296 g/mol. The molecule has 1 aliphatic rings. The second-order valence-corrected chi connectivity index (χ2v) is 5.72. The molecule has 6 nitrogen and oxygen atoms in total. The van der Waals surface area contributed by atoms with Crippen molar-refractivity contribution in [3.63, 3.8) is 0 Å². The average Bonchev–Trinajstić information content (AvgIpc) is 2.75. The summed E-state index contributed by atoms with van der Waals surface area (Å²) in [5, 5.41) is 2.69. The van der Waals surface area contributed by atoms with Gasteiger partial charge in [0.25, 0.3) is 0 Å². The third kappa shape index (κ3) is 5.65. The van der Waals surface area contributed by atoms with Gasteiger partial charge in [-0.25, -0.2) is 0 Å². The summed E-state index contributed by atoms with van der Waals surface area (Å²) in [5.41, 5.74) is 0. The van der Waals surface area contributed by atoms with Crippen LogP contribution in [-0.2, 0) is 19.2 Å². The summed E-state index contributed by atoms with van der Waals surface area (Å²) in [6, 6.07) is -0.433. The average molecular weight is 296 g/mol. The summed E-state index contributed by atoms with van der Waals surface area (Å²) in [6.07, 6.45) is 3.94. The van der Waals surface area contributed by atoms with Crippen LogP contribution in [0.2, 0.25) is 0 Å². The highest BCUT2D eigenvalue weighted by molar-refractivity contribution is 6.01. The van der Waals surface area contributed by atoms with Gasteiger partial charge in [-0.15, -0.1) is 0 Å². The fraction of sp³-hybridized carbons (Fsp3) is 0.733. The minimum absolute atomic E-state index is 0.0821. The van der Waals surface area contributed by atoms with Gasteiger partial charge in [-0.2, -0.15) is 0 Å². The van der Waals surface area contributed by atoms with Gasteiger partial charge in [0, 0.05) is 25.8 Å². The quantitative estimate of drug-likeness (QED) is 0.391. The van der Waals surface area contributed by atoms with Gasteiger partial charge in [-0.1, -0.05) is 20.3 Å². The van der Waals surface area contributed by atoms with Crippen LogP contribution in [0.5, 0.6) is 0 Å². The van der Waals surface area contributed by atoms with Crippen molar-refractivity contribution in [3.05, 3.63) is 0 Å². The van der Waals surface area contributed by atoms with Crippen LogP contribution in [0, 0.1) is 5.92 Å². The van der Waals surface area contributed by atoms with Gasteiger partial charge >= 0.3 is 0 Å². The summed E-state index contributed by atoms with van der Waals surface area (Å²) in [5.74, 6) is -0.236. The van der Waals surface area contributed by atoms with Crippen molar-refractivity contribution in [1.29, 1.82) is 0 Å². The molecule has 118 valence electrons. The third-order valence-corrected chi connectivity index (χ3v) is 3.63. The number of amides is 3. The number of carbonyl (C=O) groups is 4. The summed E-state index contributed by atoms with van der Waals surface area (Å²) in [6.45, 7) is 4.20. The first-order valence-electron chi connectivity index (χ1n) is 7.53. The van der Waals surface area contributed by atoms with E-state index >= 15 is 0 Å². The molecular weight excluding hydrogens is 272 g/mol. The van der Waals surface area contributed by atoms with Crippen molar-refractivity contribution >= 4 is 24.0 Å². The second-order valence-electron chi connectivity index (χ2n) is 5.72. The number of hydrogen-bond acceptors (Lipinski definition) is 4. The van der Waals surface area contributed by atoms with Gasteiger partial charge in [0.2, 0.25) is 17.7 Å². The zero-order valence-corrected chi connectivity index (χ0v) is 12.8. The molecule has 0 aromatic carbocycles. The van der Waals surface area contributed by atoms with Crippen LogP contribution < -0.4 is 5.32 Å². The highest BCUT2D eigenvalue weighted by Gasteiger charge is 2.27. The van der Waals surface area contributed by atoms with Crippen LogP contribution >= 0.6 is 0 Å². The van der Waals surface area contributed by atoms with E-state index in [2.05, 4.69) is 5.32 Å². The molecule has 0 spiro atoms.